The number of Topliss-reactive ketones (excluding diaryl/α,β-unsaturated/α-hetero) is 1. The third-order valence-corrected chi connectivity index (χ3v) is 2.35. The molecule has 0 fully saturated rings. The van der Waals surface area contributed by atoms with Crippen molar-refractivity contribution in [2.24, 2.45) is 0 Å². The van der Waals surface area contributed by atoms with Crippen molar-refractivity contribution in [2.75, 3.05) is 0 Å². The van der Waals surface area contributed by atoms with Crippen molar-refractivity contribution in [3.05, 3.63) is 35.9 Å². The maximum Gasteiger partial charge on any atom is 0.205 e. The van der Waals surface area contributed by atoms with Crippen molar-refractivity contribution in [1.29, 1.82) is 0 Å². The zero-order valence-electron chi connectivity index (χ0n) is 9.82. The number of carbonyl (C=O) groups is 2. The van der Waals surface area contributed by atoms with Gasteiger partial charge in [-0.1, -0.05) is 30.5 Å². The molecule has 0 atom stereocenters. The quantitative estimate of drug-likeness (QED) is 0.426. The van der Waals surface area contributed by atoms with Crippen LogP contribution < -0.4 is 0 Å². The van der Waals surface area contributed by atoms with Gasteiger partial charge in [-0.05, 0) is 30.9 Å². The van der Waals surface area contributed by atoms with Gasteiger partial charge in [-0.2, -0.15) is 0 Å². The predicted molar refractivity (Wildman–Crippen MR) is 67.5 cm³/mol. The Hall–Kier alpha value is -1.88. The predicted octanol–water partition coefficient (Wildman–Crippen LogP) is 2.76. The van der Waals surface area contributed by atoms with Crippen LogP contribution in [0.25, 0.3) is 0 Å². The second kappa shape index (κ2) is 8.29. The fraction of sp³-hybridized carbons (Fsp3) is 0.333. The lowest BCUT2D eigenvalue weighted by Crippen LogP contribution is -1.93. The number of aldehydes is 1. The Labute approximate surface area is 102 Å². The third-order valence-electron chi connectivity index (χ3n) is 2.35. The summed E-state index contributed by atoms with van der Waals surface area (Å²) in [6, 6.07) is 9.47. The van der Waals surface area contributed by atoms with Crippen LogP contribution in [-0.2, 0) is 9.59 Å². The number of unbranched alkanes of at least 4 members (excludes halogenated alkanes) is 3. The highest BCUT2D eigenvalue weighted by Gasteiger charge is 1.96. The second-order valence-electron chi connectivity index (χ2n) is 3.81. The molecule has 0 aromatic heterocycles. The van der Waals surface area contributed by atoms with E-state index >= 15 is 0 Å². The molecule has 1 aromatic rings. The van der Waals surface area contributed by atoms with Crippen LogP contribution in [0.3, 0.4) is 0 Å². The molecule has 0 unspecified atom stereocenters. The van der Waals surface area contributed by atoms with Gasteiger partial charge in [0.15, 0.2) is 0 Å². The van der Waals surface area contributed by atoms with Crippen LogP contribution in [0.5, 0.6) is 0 Å². The summed E-state index contributed by atoms with van der Waals surface area (Å²) in [6.45, 7) is 0. The van der Waals surface area contributed by atoms with Crippen LogP contribution >= 0.6 is 0 Å². The summed E-state index contributed by atoms with van der Waals surface area (Å²) in [5.74, 6) is 5.44. The SMILES string of the molecule is O=CCCCCCC(=O)C#Cc1ccccc1. The summed E-state index contributed by atoms with van der Waals surface area (Å²) < 4.78 is 0. The van der Waals surface area contributed by atoms with Gasteiger partial charge < -0.3 is 4.79 Å². The first-order valence-corrected chi connectivity index (χ1v) is 5.86. The normalized spacial score (nSPS) is 9.18. The summed E-state index contributed by atoms with van der Waals surface area (Å²) in [7, 11) is 0. The van der Waals surface area contributed by atoms with Crippen LogP contribution in [0.1, 0.15) is 37.7 Å². The van der Waals surface area contributed by atoms with E-state index in [0.29, 0.717) is 12.8 Å². The van der Waals surface area contributed by atoms with E-state index in [9.17, 15) is 9.59 Å². The summed E-state index contributed by atoms with van der Waals surface area (Å²) in [5.41, 5.74) is 0.863. The minimum Gasteiger partial charge on any atom is -0.303 e. The van der Waals surface area contributed by atoms with E-state index in [2.05, 4.69) is 11.8 Å². The lowest BCUT2D eigenvalue weighted by Gasteiger charge is -1.93. The molecule has 0 aliphatic rings. The van der Waals surface area contributed by atoms with Gasteiger partial charge in [0.25, 0.3) is 0 Å². The Morgan fingerprint density at radius 1 is 1.12 bits per heavy atom. The van der Waals surface area contributed by atoms with Gasteiger partial charge in [-0.25, -0.2) is 0 Å². The van der Waals surface area contributed by atoms with Crippen molar-refractivity contribution in [3.63, 3.8) is 0 Å². The van der Waals surface area contributed by atoms with E-state index in [1.807, 2.05) is 30.3 Å². The van der Waals surface area contributed by atoms with Crippen LogP contribution in [0.15, 0.2) is 30.3 Å². The van der Waals surface area contributed by atoms with E-state index in [1.165, 1.54) is 0 Å². The molecule has 0 aliphatic carbocycles. The summed E-state index contributed by atoms with van der Waals surface area (Å²) >= 11 is 0. The lowest BCUT2D eigenvalue weighted by atomic mass is 10.1. The molecule has 0 amide bonds. The Morgan fingerprint density at radius 2 is 1.88 bits per heavy atom. The second-order valence-corrected chi connectivity index (χ2v) is 3.81. The molecule has 17 heavy (non-hydrogen) atoms. The molecular weight excluding hydrogens is 212 g/mol. The fourth-order valence-corrected chi connectivity index (χ4v) is 1.42. The number of carbonyl (C=O) groups excluding carboxylic acids is 2. The van der Waals surface area contributed by atoms with Gasteiger partial charge in [-0.3, -0.25) is 4.79 Å². The first kappa shape index (κ1) is 13.2. The highest BCUT2D eigenvalue weighted by Crippen LogP contribution is 2.02. The van der Waals surface area contributed by atoms with Crippen LogP contribution in [0, 0.1) is 11.8 Å². The van der Waals surface area contributed by atoms with Gasteiger partial charge in [0.2, 0.25) is 5.78 Å². The molecule has 2 nitrogen and oxygen atoms in total. The summed E-state index contributed by atoms with van der Waals surface area (Å²) in [4.78, 5) is 21.5. The molecule has 0 spiro atoms. The topological polar surface area (TPSA) is 34.1 Å². The zero-order valence-corrected chi connectivity index (χ0v) is 9.82. The molecule has 0 saturated heterocycles. The molecule has 2 heteroatoms. The molecular formula is C15H16O2. The van der Waals surface area contributed by atoms with Gasteiger partial charge in [0.1, 0.15) is 6.29 Å². The van der Waals surface area contributed by atoms with Crippen molar-refractivity contribution >= 4 is 12.1 Å². The number of benzene rings is 1. The van der Waals surface area contributed by atoms with Crippen LogP contribution in [0.2, 0.25) is 0 Å². The zero-order chi connectivity index (χ0) is 12.3. The standard InChI is InChI=1S/C15H16O2/c16-13-7-2-1-6-10-15(17)12-11-14-8-4-3-5-9-14/h3-5,8-9,13H,1-2,6-7,10H2. The average Bonchev–Trinajstić information content (AvgIpc) is 2.37. The molecule has 0 aliphatic heterocycles. The highest BCUT2D eigenvalue weighted by molar-refractivity contribution is 5.95. The van der Waals surface area contributed by atoms with Crippen molar-refractivity contribution in [2.45, 2.75) is 32.1 Å². The largest absolute Gasteiger partial charge is 0.303 e. The maximum absolute atomic E-state index is 11.4. The molecule has 0 radical (unpaired) electrons. The molecule has 0 heterocycles. The van der Waals surface area contributed by atoms with Gasteiger partial charge in [-0.15, -0.1) is 0 Å². The molecule has 1 aromatic carbocycles. The molecule has 0 N–H and O–H groups in total. The number of hydrogen-bond donors (Lipinski definition) is 0. The van der Waals surface area contributed by atoms with Gasteiger partial charge in [0.05, 0.1) is 0 Å². The first-order valence-electron chi connectivity index (χ1n) is 5.86. The Bertz CT molecular complexity index is 410. The molecule has 0 saturated carbocycles. The smallest absolute Gasteiger partial charge is 0.205 e. The number of rotatable bonds is 6. The lowest BCUT2D eigenvalue weighted by molar-refractivity contribution is -0.113. The van der Waals surface area contributed by atoms with Crippen molar-refractivity contribution in [3.8, 4) is 11.8 Å². The van der Waals surface area contributed by atoms with E-state index in [0.717, 1.165) is 31.1 Å². The van der Waals surface area contributed by atoms with E-state index in [4.69, 9.17) is 0 Å². The average molecular weight is 228 g/mol. The molecule has 88 valence electrons. The Morgan fingerprint density at radius 3 is 2.59 bits per heavy atom. The van der Waals surface area contributed by atoms with E-state index in [-0.39, 0.29) is 5.78 Å². The number of hydrogen-bond acceptors (Lipinski definition) is 2. The van der Waals surface area contributed by atoms with Crippen molar-refractivity contribution < 1.29 is 9.59 Å². The summed E-state index contributed by atoms with van der Waals surface area (Å²) in [6.07, 6.45) is 4.58. The molecule has 0 bridgehead atoms. The Kier molecular flexibility index (Phi) is 6.43. The van der Waals surface area contributed by atoms with E-state index in [1.54, 1.807) is 0 Å². The number of ketones is 1. The van der Waals surface area contributed by atoms with Crippen LogP contribution in [0.4, 0.5) is 0 Å². The highest BCUT2D eigenvalue weighted by atomic mass is 16.1. The van der Waals surface area contributed by atoms with Crippen LogP contribution in [-0.4, -0.2) is 12.1 Å². The Balaban J connectivity index is 2.26. The minimum absolute atomic E-state index is 0.0278. The minimum atomic E-state index is -0.0278. The fourth-order valence-electron chi connectivity index (χ4n) is 1.42. The monoisotopic (exact) mass is 228 g/mol. The van der Waals surface area contributed by atoms with E-state index < -0.39 is 0 Å². The van der Waals surface area contributed by atoms with Gasteiger partial charge in [0, 0.05) is 18.4 Å². The van der Waals surface area contributed by atoms with Crippen molar-refractivity contribution in [1.82, 2.24) is 0 Å². The first-order chi connectivity index (χ1) is 8.33. The third kappa shape index (κ3) is 6.32. The maximum atomic E-state index is 11.4. The summed E-state index contributed by atoms with van der Waals surface area (Å²) in [5, 5.41) is 0. The van der Waals surface area contributed by atoms with Gasteiger partial charge >= 0.3 is 0 Å². The molecule has 1 rings (SSSR count).